The smallest absolute Gasteiger partial charge is 0.312 e. The van der Waals surface area contributed by atoms with E-state index in [1.165, 1.54) is 0 Å². The maximum absolute atomic E-state index is 12.3. The molecule has 2 aromatic carbocycles. The highest BCUT2D eigenvalue weighted by Crippen LogP contribution is 2.24. The lowest BCUT2D eigenvalue weighted by molar-refractivity contribution is 0.0831. The zero-order valence-corrected chi connectivity index (χ0v) is 14.5. The Kier molecular flexibility index (Phi) is 5.07. The van der Waals surface area contributed by atoms with Gasteiger partial charge in [-0.3, -0.25) is 20.4 Å². The van der Waals surface area contributed by atoms with E-state index in [-0.39, 0.29) is 12.3 Å². The van der Waals surface area contributed by atoms with E-state index in [1.807, 2.05) is 18.2 Å². The Morgan fingerprint density at radius 1 is 0.963 bits per heavy atom. The second-order valence-electron chi connectivity index (χ2n) is 5.88. The first-order chi connectivity index (χ1) is 13.0. The summed E-state index contributed by atoms with van der Waals surface area (Å²) in [6.45, 7) is 2.04. The molecule has 0 aliphatic heterocycles. The van der Waals surface area contributed by atoms with E-state index in [2.05, 4.69) is 16.2 Å². The van der Waals surface area contributed by atoms with Crippen LogP contribution in [0.4, 0.5) is 4.79 Å². The highest BCUT2D eigenvalue weighted by molar-refractivity contribution is 6.01. The van der Waals surface area contributed by atoms with Gasteiger partial charge in [0.2, 0.25) is 0 Å². The Balaban J connectivity index is 1.62. The van der Waals surface area contributed by atoms with Gasteiger partial charge in [0, 0.05) is 23.1 Å². The number of nitrogens with two attached hydrogens (primary N) is 1. The Labute approximate surface area is 154 Å². The van der Waals surface area contributed by atoms with Crippen molar-refractivity contribution in [2.75, 3.05) is 0 Å². The van der Waals surface area contributed by atoms with E-state index in [4.69, 9.17) is 10.2 Å². The summed E-state index contributed by atoms with van der Waals surface area (Å²) >= 11 is 0. The number of rotatable bonds is 4. The summed E-state index contributed by atoms with van der Waals surface area (Å²) in [5.74, 6) is -0.879. The molecule has 8 heteroatoms. The lowest BCUT2D eigenvalue weighted by Gasteiger charge is -2.07. The van der Waals surface area contributed by atoms with Crippen molar-refractivity contribution < 1.29 is 18.8 Å². The van der Waals surface area contributed by atoms with Crippen LogP contribution >= 0.6 is 0 Å². The first kappa shape index (κ1) is 18.0. The Morgan fingerprint density at radius 3 is 2.30 bits per heavy atom. The third-order valence-corrected chi connectivity index (χ3v) is 4.02. The quantitative estimate of drug-likeness (QED) is 0.527. The number of urea groups is 1. The molecule has 0 saturated heterocycles. The number of furan rings is 1. The number of benzene rings is 2. The van der Waals surface area contributed by atoms with E-state index in [0.29, 0.717) is 16.7 Å². The van der Waals surface area contributed by atoms with Gasteiger partial charge in [0.15, 0.2) is 5.76 Å². The van der Waals surface area contributed by atoms with Crippen LogP contribution in [0.3, 0.4) is 0 Å². The summed E-state index contributed by atoms with van der Waals surface area (Å²) < 4.78 is 5.55. The topological polar surface area (TPSA) is 126 Å². The monoisotopic (exact) mass is 366 g/mol. The van der Waals surface area contributed by atoms with Crippen LogP contribution < -0.4 is 21.9 Å². The third-order valence-electron chi connectivity index (χ3n) is 4.02. The second kappa shape index (κ2) is 7.61. The molecular formula is C19H18N4O4. The number of para-hydroxylation sites is 1. The third kappa shape index (κ3) is 4.06. The van der Waals surface area contributed by atoms with Gasteiger partial charge in [0.1, 0.15) is 5.58 Å². The van der Waals surface area contributed by atoms with Crippen molar-refractivity contribution in [3.05, 3.63) is 71.0 Å². The first-order valence-electron chi connectivity index (χ1n) is 8.17. The molecule has 0 unspecified atom stereocenters. The molecule has 3 aromatic rings. The van der Waals surface area contributed by atoms with Crippen LogP contribution in [0.1, 0.15) is 32.0 Å². The molecule has 0 aliphatic carbocycles. The van der Waals surface area contributed by atoms with Crippen LogP contribution in [0.15, 0.2) is 52.9 Å². The van der Waals surface area contributed by atoms with Crippen molar-refractivity contribution >= 4 is 28.8 Å². The molecule has 8 nitrogen and oxygen atoms in total. The maximum Gasteiger partial charge on any atom is 0.312 e. The fraction of sp³-hybridized carbons (Fsp3) is 0.105. The average Bonchev–Trinajstić information content (AvgIpc) is 3.01. The molecule has 138 valence electrons. The first-order valence-corrected chi connectivity index (χ1v) is 8.17. The van der Waals surface area contributed by atoms with Crippen LogP contribution in [0.25, 0.3) is 11.0 Å². The van der Waals surface area contributed by atoms with Crippen LogP contribution in [-0.4, -0.2) is 17.8 Å². The van der Waals surface area contributed by atoms with Gasteiger partial charge in [-0.25, -0.2) is 4.79 Å². The summed E-state index contributed by atoms with van der Waals surface area (Å²) in [6.07, 6.45) is 0. The molecule has 1 heterocycles. The van der Waals surface area contributed by atoms with Gasteiger partial charge in [-0.1, -0.05) is 30.3 Å². The second-order valence-corrected chi connectivity index (χ2v) is 5.88. The lowest BCUT2D eigenvalue weighted by atomic mass is 10.1. The number of hydrogen-bond donors (Lipinski definition) is 4. The number of aryl methyl sites for hydroxylation is 1. The van der Waals surface area contributed by atoms with Gasteiger partial charge < -0.3 is 15.5 Å². The summed E-state index contributed by atoms with van der Waals surface area (Å²) in [7, 11) is 0. The molecule has 0 fully saturated rings. The molecule has 5 N–H and O–H groups in total. The number of hydrazine groups is 1. The zero-order valence-electron chi connectivity index (χ0n) is 14.5. The number of carbonyl (C=O) groups is 3. The van der Waals surface area contributed by atoms with Crippen molar-refractivity contribution in [2.24, 2.45) is 5.73 Å². The van der Waals surface area contributed by atoms with E-state index < -0.39 is 17.8 Å². The Bertz CT molecular complexity index is 1010. The minimum atomic E-state index is -0.625. The van der Waals surface area contributed by atoms with Crippen LogP contribution in [-0.2, 0) is 6.54 Å². The van der Waals surface area contributed by atoms with Crippen LogP contribution in [0, 0.1) is 6.92 Å². The van der Waals surface area contributed by atoms with Crippen LogP contribution in [0.2, 0.25) is 0 Å². The molecule has 0 atom stereocenters. The molecule has 0 bridgehead atoms. The summed E-state index contributed by atoms with van der Waals surface area (Å²) in [5.41, 5.74) is 12.1. The Hall–Kier alpha value is -3.81. The van der Waals surface area contributed by atoms with Crippen LogP contribution in [0.5, 0.6) is 0 Å². The summed E-state index contributed by atoms with van der Waals surface area (Å²) in [4.78, 5) is 35.2. The van der Waals surface area contributed by atoms with Crippen molar-refractivity contribution in [1.82, 2.24) is 16.2 Å². The number of fused-ring (bicyclic) bond motifs is 1. The van der Waals surface area contributed by atoms with Gasteiger partial charge >= 0.3 is 11.9 Å². The molecule has 0 saturated carbocycles. The zero-order chi connectivity index (χ0) is 19.4. The minimum Gasteiger partial charge on any atom is -0.451 e. The predicted octanol–water partition coefficient (Wildman–Crippen LogP) is 1.98. The van der Waals surface area contributed by atoms with E-state index >= 15 is 0 Å². The highest BCUT2D eigenvalue weighted by atomic mass is 16.3. The highest BCUT2D eigenvalue weighted by Gasteiger charge is 2.18. The van der Waals surface area contributed by atoms with Gasteiger partial charge in [-0.15, -0.1) is 0 Å². The fourth-order valence-corrected chi connectivity index (χ4v) is 2.60. The van der Waals surface area contributed by atoms with Crippen molar-refractivity contribution in [2.45, 2.75) is 13.5 Å². The molecule has 3 rings (SSSR count). The molecule has 27 heavy (non-hydrogen) atoms. The predicted molar refractivity (Wildman–Crippen MR) is 98.7 cm³/mol. The van der Waals surface area contributed by atoms with E-state index in [1.54, 1.807) is 37.3 Å². The molecule has 0 spiro atoms. The Morgan fingerprint density at radius 2 is 1.63 bits per heavy atom. The van der Waals surface area contributed by atoms with Gasteiger partial charge in [-0.05, 0) is 30.7 Å². The number of nitrogens with one attached hydrogen (secondary N) is 3. The standard InChI is InChI=1S/C19H18N4O4/c1-11-14-4-2-3-5-15(14)27-16(11)18(25)23-22-17(24)13-8-6-12(7-9-13)10-21-19(20)26/h2-9H,10H2,1H3,(H,22,24)(H,23,25)(H3,20,21,26). The SMILES string of the molecule is Cc1c(C(=O)NNC(=O)c2ccc(CNC(N)=O)cc2)oc2ccccc12. The maximum atomic E-state index is 12.3. The average molecular weight is 366 g/mol. The fourth-order valence-electron chi connectivity index (χ4n) is 2.60. The molecule has 0 radical (unpaired) electrons. The molecule has 4 amide bonds. The molecular weight excluding hydrogens is 348 g/mol. The number of primary amides is 1. The largest absolute Gasteiger partial charge is 0.451 e. The molecule has 0 aliphatic rings. The minimum absolute atomic E-state index is 0.143. The van der Waals surface area contributed by atoms with E-state index in [0.717, 1.165) is 10.9 Å². The number of carbonyl (C=O) groups excluding carboxylic acids is 3. The normalized spacial score (nSPS) is 10.4. The van der Waals surface area contributed by atoms with Gasteiger partial charge in [0.25, 0.3) is 5.91 Å². The number of amides is 4. The number of hydrogen-bond acceptors (Lipinski definition) is 4. The van der Waals surface area contributed by atoms with Gasteiger partial charge in [-0.2, -0.15) is 0 Å². The van der Waals surface area contributed by atoms with E-state index in [9.17, 15) is 14.4 Å². The summed E-state index contributed by atoms with van der Waals surface area (Å²) in [5, 5.41) is 3.30. The summed E-state index contributed by atoms with van der Waals surface area (Å²) in [6, 6.07) is 13.2. The van der Waals surface area contributed by atoms with Crippen molar-refractivity contribution in [1.29, 1.82) is 0 Å². The van der Waals surface area contributed by atoms with Crippen molar-refractivity contribution in [3.8, 4) is 0 Å². The lowest BCUT2D eigenvalue weighted by Crippen LogP contribution is -2.41. The van der Waals surface area contributed by atoms with Crippen molar-refractivity contribution in [3.63, 3.8) is 0 Å². The van der Waals surface area contributed by atoms with Gasteiger partial charge in [0.05, 0.1) is 0 Å². The molecule has 1 aromatic heterocycles.